The lowest BCUT2D eigenvalue weighted by Crippen LogP contribution is -1.92. The molecule has 2 aromatic heterocycles. The standard InChI is InChI=1S/C22H18N4O3S/c1-2-14-3-5-15(6-4-14)17-8-10-21(25-24-17)30-12-20-23-22(26-29-20)16-7-9-18-19(11-16)28-13-27-18/h3-11H,2,12-13H2,1H3. The molecular formula is C22H18N4O3S. The first-order valence-corrected chi connectivity index (χ1v) is 10.6. The van der Waals surface area contributed by atoms with Gasteiger partial charge in [-0.25, -0.2) is 0 Å². The van der Waals surface area contributed by atoms with Crippen molar-refractivity contribution in [3.63, 3.8) is 0 Å². The molecule has 0 atom stereocenters. The minimum Gasteiger partial charge on any atom is -0.454 e. The summed E-state index contributed by atoms with van der Waals surface area (Å²) in [4.78, 5) is 4.46. The summed E-state index contributed by atoms with van der Waals surface area (Å²) in [5.74, 6) is 2.96. The molecule has 0 spiro atoms. The largest absolute Gasteiger partial charge is 0.454 e. The van der Waals surface area contributed by atoms with Gasteiger partial charge in [-0.15, -0.1) is 10.2 Å². The third-order valence-electron chi connectivity index (χ3n) is 4.74. The topological polar surface area (TPSA) is 83.2 Å². The van der Waals surface area contributed by atoms with Gasteiger partial charge in [0.1, 0.15) is 5.03 Å². The summed E-state index contributed by atoms with van der Waals surface area (Å²) in [5.41, 5.74) is 4.03. The minimum absolute atomic E-state index is 0.233. The molecule has 0 N–H and O–H groups in total. The van der Waals surface area contributed by atoms with Crippen LogP contribution in [0.1, 0.15) is 18.4 Å². The van der Waals surface area contributed by atoms with Crippen LogP contribution in [0.4, 0.5) is 0 Å². The number of benzene rings is 2. The van der Waals surface area contributed by atoms with E-state index in [0.717, 1.165) is 34.0 Å². The van der Waals surface area contributed by atoms with Gasteiger partial charge in [-0.05, 0) is 42.3 Å². The third-order valence-corrected chi connectivity index (χ3v) is 5.65. The van der Waals surface area contributed by atoms with Crippen molar-refractivity contribution in [1.29, 1.82) is 0 Å². The summed E-state index contributed by atoms with van der Waals surface area (Å²) in [7, 11) is 0. The molecule has 1 aliphatic heterocycles. The number of aryl methyl sites for hydroxylation is 1. The Morgan fingerprint density at radius 1 is 0.900 bits per heavy atom. The van der Waals surface area contributed by atoms with Crippen molar-refractivity contribution in [2.45, 2.75) is 24.1 Å². The first-order valence-electron chi connectivity index (χ1n) is 9.57. The number of fused-ring (bicyclic) bond motifs is 1. The Bertz CT molecular complexity index is 1160. The zero-order valence-electron chi connectivity index (χ0n) is 16.2. The molecule has 0 fully saturated rings. The Morgan fingerprint density at radius 3 is 2.53 bits per heavy atom. The van der Waals surface area contributed by atoms with Crippen LogP contribution in [-0.4, -0.2) is 27.1 Å². The zero-order valence-corrected chi connectivity index (χ0v) is 17.1. The van der Waals surface area contributed by atoms with Gasteiger partial charge in [0.25, 0.3) is 0 Å². The fraction of sp³-hybridized carbons (Fsp3) is 0.182. The lowest BCUT2D eigenvalue weighted by atomic mass is 10.1. The van der Waals surface area contributed by atoms with E-state index >= 15 is 0 Å². The second kappa shape index (κ2) is 8.16. The number of nitrogens with zero attached hydrogens (tertiary/aromatic N) is 4. The van der Waals surface area contributed by atoms with Gasteiger partial charge >= 0.3 is 0 Å². The highest BCUT2D eigenvalue weighted by molar-refractivity contribution is 7.98. The Kier molecular flexibility index (Phi) is 5.06. The quantitative estimate of drug-likeness (QED) is 0.414. The maximum absolute atomic E-state index is 5.40. The zero-order chi connectivity index (χ0) is 20.3. The lowest BCUT2D eigenvalue weighted by molar-refractivity contribution is 0.174. The van der Waals surface area contributed by atoms with Crippen LogP contribution in [0.2, 0.25) is 0 Å². The Labute approximate surface area is 177 Å². The molecule has 7 nitrogen and oxygen atoms in total. The van der Waals surface area contributed by atoms with Gasteiger partial charge in [-0.3, -0.25) is 0 Å². The molecule has 2 aromatic carbocycles. The molecule has 5 rings (SSSR count). The molecule has 0 radical (unpaired) electrons. The third kappa shape index (κ3) is 3.86. The fourth-order valence-corrected chi connectivity index (χ4v) is 3.72. The predicted octanol–water partition coefficient (Wildman–Crippen LogP) is 4.78. The van der Waals surface area contributed by atoms with Gasteiger partial charge in [-0.1, -0.05) is 48.1 Å². The maximum atomic E-state index is 5.40. The van der Waals surface area contributed by atoms with E-state index in [4.69, 9.17) is 14.0 Å². The molecule has 0 unspecified atom stereocenters. The number of thioether (sulfide) groups is 1. The van der Waals surface area contributed by atoms with Gasteiger partial charge in [-0.2, -0.15) is 4.98 Å². The first-order chi connectivity index (χ1) is 14.8. The van der Waals surface area contributed by atoms with E-state index in [9.17, 15) is 0 Å². The van der Waals surface area contributed by atoms with Crippen LogP contribution in [0.25, 0.3) is 22.6 Å². The van der Waals surface area contributed by atoms with Crippen molar-refractivity contribution in [2.75, 3.05) is 6.79 Å². The van der Waals surface area contributed by atoms with E-state index in [-0.39, 0.29) is 6.79 Å². The monoisotopic (exact) mass is 418 g/mol. The van der Waals surface area contributed by atoms with E-state index in [1.807, 2.05) is 30.3 Å². The van der Waals surface area contributed by atoms with Crippen molar-refractivity contribution in [3.8, 4) is 34.1 Å². The van der Waals surface area contributed by atoms with E-state index in [0.29, 0.717) is 23.2 Å². The molecule has 0 saturated carbocycles. The second-order valence-corrected chi connectivity index (χ2v) is 7.67. The molecule has 0 bridgehead atoms. The van der Waals surface area contributed by atoms with Gasteiger partial charge in [0.15, 0.2) is 11.5 Å². The lowest BCUT2D eigenvalue weighted by Gasteiger charge is -2.03. The smallest absolute Gasteiger partial charge is 0.237 e. The molecule has 0 aliphatic carbocycles. The van der Waals surface area contributed by atoms with Gasteiger partial charge < -0.3 is 14.0 Å². The van der Waals surface area contributed by atoms with Crippen LogP contribution in [0.5, 0.6) is 11.5 Å². The summed E-state index contributed by atoms with van der Waals surface area (Å²) in [6, 6.07) is 17.9. The molecule has 30 heavy (non-hydrogen) atoms. The van der Waals surface area contributed by atoms with Crippen molar-refractivity contribution >= 4 is 11.8 Å². The van der Waals surface area contributed by atoms with Gasteiger partial charge in [0, 0.05) is 11.1 Å². The summed E-state index contributed by atoms with van der Waals surface area (Å²) in [6.45, 7) is 2.37. The SMILES string of the molecule is CCc1ccc(-c2ccc(SCc3nc(-c4ccc5c(c4)OCO5)no3)nn2)cc1. The fourth-order valence-electron chi connectivity index (χ4n) is 3.06. The van der Waals surface area contributed by atoms with Crippen LogP contribution in [0.15, 0.2) is 64.1 Å². The number of hydrogen-bond acceptors (Lipinski definition) is 8. The van der Waals surface area contributed by atoms with Crippen molar-refractivity contribution in [3.05, 3.63) is 66.1 Å². The van der Waals surface area contributed by atoms with Crippen molar-refractivity contribution < 1.29 is 14.0 Å². The highest BCUT2D eigenvalue weighted by Gasteiger charge is 2.16. The highest BCUT2D eigenvalue weighted by Crippen LogP contribution is 2.35. The highest BCUT2D eigenvalue weighted by atomic mass is 32.2. The van der Waals surface area contributed by atoms with Crippen LogP contribution >= 0.6 is 11.8 Å². The Morgan fingerprint density at radius 2 is 1.73 bits per heavy atom. The second-order valence-electron chi connectivity index (χ2n) is 6.68. The molecule has 8 heteroatoms. The molecular weight excluding hydrogens is 400 g/mol. The number of rotatable bonds is 6. The average Bonchev–Trinajstić information content (AvgIpc) is 3.47. The van der Waals surface area contributed by atoms with Gasteiger partial charge in [0.2, 0.25) is 18.5 Å². The van der Waals surface area contributed by atoms with Gasteiger partial charge in [0.05, 0.1) is 11.4 Å². The first kappa shape index (κ1) is 18.6. The normalized spacial score (nSPS) is 12.3. The van der Waals surface area contributed by atoms with Crippen molar-refractivity contribution in [1.82, 2.24) is 20.3 Å². The molecule has 150 valence electrons. The van der Waals surface area contributed by atoms with E-state index in [1.54, 1.807) is 0 Å². The summed E-state index contributed by atoms with van der Waals surface area (Å²) in [6.07, 6.45) is 1.02. The maximum Gasteiger partial charge on any atom is 0.237 e. The summed E-state index contributed by atoms with van der Waals surface area (Å²) < 4.78 is 16.1. The summed E-state index contributed by atoms with van der Waals surface area (Å²) in [5, 5.41) is 13.5. The molecule has 0 amide bonds. The van der Waals surface area contributed by atoms with Crippen LogP contribution in [0.3, 0.4) is 0 Å². The Hall–Kier alpha value is -3.39. The number of ether oxygens (including phenoxy) is 2. The number of hydrogen-bond donors (Lipinski definition) is 0. The molecule has 3 heterocycles. The van der Waals surface area contributed by atoms with Crippen LogP contribution < -0.4 is 9.47 Å². The van der Waals surface area contributed by atoms with Crippen molar-refractivity contribution in [2.24, 2.45) is 0 Å². The van der Waals surface area contributed by atoms with Crippen LogP contribution in [-0.2, 0) is 12.2 Å². The van der Waals surface area contributed by atoms with E-state index < -0.39 is 0 Å². The number of aromatic nitrogens is 4. The molecule has 4 aromatic rings. The minimum atomic E-state index is 0.233. The van der Waals surface area contributed by atoms with Crippen LogP contribution in [0, 0.1) is 0 Å². The van der Waals surface area contributed by atoms with E-state index in [2.05, 4.69) is 51.5 Å². The summed E-state index contributed by atoms with van der Waals surface area (Å²) >= 11 is 1.50. The van der Waals surface area contributed by atoms with E-state index in [1.165, 1.54) is 17.3 Å². The molecule has 1 aliphatic rings. The average molecular weight is 418 g/mol. The Balaban J connectivity index is 1.23. The molecule has 0 saturated heterocycles. The predicted molar refractivity (Wildman–Crippen MR) is 112 cm³/mol.